The molecule has 0 fully saturated rings. The van der Waals surface area contributed by atoms with E-state index in [1.807, 2.05) is 13.0 Å². The molecular weight excluding hydrogens is 309 g/mol. The number of rotatable bonds is 5. The summed E-state index contributed by atoms with van der Waals surface area (Å²) in [4.78, 5) is 19.5. The highest BCUT2D eigenvalue weighted by atomic mass is 19.1. The Morgan fingerprint density at radius 3 is 2.88 bits per heavy atom. The average molecular weight is 327 g/mol. The van der Waals surface area contributed by atoms with E-state index in [2.05, 4.69) is 15.3 Å². The normalized spacial score (nSPS) is 10.8. The fraction of sp³-hybridized carbons (Fsp3) is 0.222. The summed E-state index contributed by atoms with van der Waals surface area (Å²) in [6, 6.07) is 8.13. The van der Waals surface area contributed by atoms with Gasteiger partial charge in [-0.05, 0) is 36.2 Å². The fourth-order valence-corrected chi connectivity index (χ4v) is 2.64. The van der Waals surface area contributed by atoms with Gasteiger partial charge >= 0.3 is 0 Å². The Hall–Kier alpha value is -2.89. The molecule has 124 valence electrons. The molecule has 0 radical (unpaired) electrons. The van der Waals surface area contributed by atoms with Crippen LogP contribution in [-0.4, -0.2) is 23.0 Å². The Balaban J connectivity index is 1.68. The summed E-state index contributed by atoms with van der Waals surface area (Å²) in [5.74, 6) is 0.0908. The first-order chi connectivity index (χ1) is 11.6. The number of amides is 1. The van der Waals surface area contributed by atoms with E-state index >= 15 is 0 Å². The number of aromatic amines is 1. The molecular formula is C18H18FN3O2. The van der Waals surface area contributed by atoms with Gasteiger partial charge in [0.05, 0.1) is 13.5 Å². The van der Waals surface area contributed by atoms with Gasteiger partial charge in [-0.2, -0.15) is 0 Å². The van der Waals surface area contributed by atoms with Gasteiger partial charge in [-0.25, -0.2) is 9.37 Å². The summed E-state index contributed by atoms with van der Waals surface area (Å²) in [6.07, 6.45) is 1.85. The number of halogens is 1. The lowest BCUT2D eigenvalue weighted by atomic mass is 10.1. The summed E-state index contributed by atoms with van der Waals surface area (Å²) >= 11 is 0. The summed E-state index contributed by atoms with van der Waals surface area (Å²) in [5, 5.41) is 3.60. The number of nitrogens with one attached hydrogen (secondary N) is 2. The molecule has 0 saturated carbocycles. The third-order valence-electron chi connectivity index (χ3n) is 3.92. The number of hydrogen-bond donors (Lipinski definition) is 2. The number of benzene rings is 1. The van der Waals surface area contributed by atoms with Crippen LogP contribution >= 0.6 is 0 Å². The third kappa shape index (κ3) is 3.37. The van der Waals surface area contributed by atoms with E-state index in [9.17, 15) is 9.18 Å². The van der Waals surface area contributed by atoms with Crippen molar-refractivity contribution >= 4 is 16.8 Å². The second kappa shape index (κ2) is 6.70. The van der Waals surface area contributed by atoms with Gasteiger partial charge in [0, 0.05) is 35.4 Å². The van der Waals surface area contributed by atoms with Crippen molar-refractivity contribution in [2.75, 3.05) is 7.11 Å². The molecule has 0 atom stereocenters. The van der Waals surface area contributed by atoms with Crippen molar-refractivity contribution in [3.05, 3.63) is 59.2 Å². The van der Waals surface area contributed by atoms with Crippen LogP contribution in [0.25, 0.3) is 10.9 Å². The monoisotopic (exact) mass is 327 g/mol. The van der Waals surface area contributed by atoms with Crippen molar-refractivity contribution in [2.45, 2.75) is 19.9 Å². The topological polar surface area (TPSA) is 67.0 Å². The number of aromatic nitrogens is 2. The molecule has 0 aliphatic heterocycles. The van der Waals surface area contributed by atoms with Gasteiger partial charge in [-0.15, -0.1) is 0 Å². The first-order valence-corrected chi connectivity index (χ1v) is 7.59. The molecule has 6 heteroatoms. The maximum absolute atomic E-state index is 13.5. The lowest BCUT2D eigenvalue weighted by Gasteiger charge is -2.06. The van der Waals surface area contributed by atoms with Gasteiger partial charge in [0.15, 0.2) is 0 Å². The average Bonchev–Trinajstić information content (AvgIpc) is 2.89. The lowest BCUT2D eigenvalue weighted by Crippen LogP contribution is -2.24. The minimum atomic E-state index is -0.313. The molecule has 5 nitrogen and oxygen atoms in total. The molecule has 3 rings (SSSR count). The van der Waals surface area contributed by atoms with Crippen LogP contribution < -0.4 is 10.1 Å². The first-order valence-electron chi connectivity index (χ1n) is 7.59. The molecule has 2 aromatic heterocycles. The Bertz CT molecular complexity index is 872. The Morgan fingerprint density at radius 2 is 2.17 bits per heavy atom. The summed E-state index contributed by atoms with van der Waals surface area (Å²) in [7, 11) is 1.55. The van der Waals surface area contributed by atoms with Gasteiger partial charge in [0.25, 0.3) is 0 Å². The number of nitrogens with zero attached hydrogens (tertiary/aromatic N) is 1. The zero-order valence-corrected chi connectivity index (χ0v) is 13.5. The third-order valence-corrected chi connectivity index (χ3v) is 3.92. The van der Waals surface area contributed by atoms with Crippen LogP contribution in [-0.2, 0) is 17.8 Å². The summed E-state index contributed by atoms with van der Waals surface area (Å²) in [5.41, 5.74) is 3.40. The molecule has 0 unspecified atom stereocenters. The van der Waals surface area contributed by atoms with Crippen molar-refractivity contribution < 1.29 is 13.9 Å². The van der Waals surface area contributed by atoms with Gasteiger partial charge in [-0.3, -0.25) is 4.79 Å². The minimum Gasteiger partial charge on any atom is -0.481 e. The van der Waals surface area contributed by atoms with Crippen molar-refractivity contribution in [2.24, 2.45) is 0 Å². The SMILES string of the molecule is COc1ccc(CNC(=O)Cc2c(C)[nH]c3ccc(F)cc23)cn1. The molecule has 0 aliphatic carbocycles. The van der Waals surface area contributed by atoms with Crippen LogP contribution in [0.5, 0.6) is 5.88 Å². The number of hydrogen-bond acceptors (Lipinski definition) is 3. The van der Waals surface area contributed by atoms with E-state index in [0.29, 0.717) is 12.4 Å². The summed E-state index contributed by atoms with van der Waals surface area (Å²) < 4.78 is 18.5. The zero-order valence-electron chi connectivity index (χ0n) is 13.5. The van der Waals surface area contributed by atoms with Crippen LogP contribution in [0, 0.1) is 12.7 Å². The quantitative estimate of drug-likeness (QED) is 0.757. The molecule has 2 heterocycles. The van der Waals surface area contributed by atoms with E-state index in [1.54, 1.807) is 25.4 Å². The van der Waals surface area contributed by atoms with E-state index in [1.165, 1.54) is 12.1 Å². The van der Waals surface area contributed by atoms with E-state index < -0.39 is 0 Å². The molecule has 2 N–H and O–H groups in total. The number of carbonyl (C=O) groups is 1. The predicted octanol–water partition coefficient (Wildman–Crippen LogP) is 2.88. The van der Waals surface area contributed by atoms with Gasteiger partial charge in [0.2, 0.25) is 11.8 Å². The molecule has 1 aromatic carbocycles. The van der Waals surface area contributed by atoms with Crippen molar-refractivity contribution in [3.63, 3.8) is 0 Å². The molecule has 0 spiro atoms. The molecule has 0 bridgehead atoms. The Morgan fingerprint density at radius 1 is 1.33 bits per heavy atom. The minimum absolute atomic E-state index is 0.126. The highest BCUT2D eigenvalue weighted by Crippen LogP contribution is 2.23. The number of methoxy groups -OCH3 is 1. The second-order valence-electron chi connectivity index (χ2n) is 5.58. The van der Waals surface area contributed by atoms with E-state index in [4.69, 9.17) is 4.74 Å². The van der Waals surface area contributed by atoms with Crippen LogP contribution in [0.15, 0.2) is 36.5 Å². The van der Waals surface area contributed by atoms with Crippen LogP contribution in [0.1, 0.15) is 16.8 Å². The number of aryl methyl sites for hydroxylation is 1. The standard InChI is InChI=1S/C18H18FN3O2/c1-11-14(15-7-13(19)4-5-16(15)22-11)8-17(23)20-9-12-3-6-18(24-2)21-10-12/h3-7,10,22H,8-9H2,1-2H3,(H,20,23). The Labute approximate surface area is 138 Å². The van der Waals surface area contributed by atoms with E-state index in [0.717, 1.165) is 27.7 Å². The fourth-order valence-electron chi connectivity index (χ4n) is 2.64. The number of carbonyl (C=O) groups excluding carboxylic acids is 1. The van der Waals surface area contributed by atoms with Gasteiger partial charge in [-0.1, -0.05) is 6.07 Å². The van der Waals surface area contributed by atoms with Crippen molar-refractivity contribution in [1.29, 1.82) is 0 Å². The molecule has 0 saturated heterocycles. The lowest BCUT2D eigenvalue weighted by molar-refractivity contribution is -0.120. The highest BCUT2D eigenvalue weighted by Gasteiger charge is 2.13. The van der Waals surface area contributed by atoms with Crippen molar-refractivity contribution in [3.8, 4) is 5.88 Å². The number of ether oxygens (including phenoxy) is 1. The van der Waals surface area contributed by atoms with Gasteiger partial charge in [0.1, 0.15) is 5.82 Å². The Kier molecular flexibility index (Phi) is 4.46. The molecule has 24 heavy (non-hydrogen) atoms. The number of pyridine rings is 1. The van der Waals surface area contributed by atoms with Crippen LogP contribution in [0.4, 0.5) is 4.39 Å². The summed E-state index contributed by atoms with van der Waals surface area (Å²) in [6.45, 7) is 2.26. The maximum Gasteiger partial charge on any atom is 0.224 e. The largest absolute Gasteiger partial charge is 0.481 e. The number of H-pyrrole nitrogens is 1. The first kappa shape index (κ1) is 16.0. The smallest absolute Gasteiger partial charge is 0.224 e. The molecule has 0 aliphatic rings. The molecule has 1 amide bonds. The second-order valence-corrected chi connectivity index (χ2v) is 5.58. The highest BCUT2D eigenvalue weighted by molar-refractivity contribution is 5.90. The van der Waals surface area contributed by atoms with Crippen molar-refractivity contribution in [1.82, 2.24) is 15.3 Å². The predicted molar refractivity (Wildman–Crippen MR) is 89.3 cm³/mol. The molecule has 3 aromatic rings. The van der Waals surface area contributed by atoms with Gasteiger partial charge < -0.3 is 15.0 Å². The van der Waals surface area contributed by atoms with Crippen LogP contribution in [0.2, 0.25) is 0 Å². The van der Waals surface area contributed by atoms with E-state index in [-0.39, 0.29) is 18.1 Å². The van der Waals surface area contributed by atoms with Crippen LogP contribution in [0.3, 0.4) is 0 Å². The maximum atomic E-state index is 13.5. The number of fused-ring (bicyclic) bond motifs is 1. The zero-order chi connectivity index (χ0) is 17.1.